The average Bonchev–Trinajstić information content (AvgIpc) is 2.53. The summed E-state index contributed by atoms with van der Waals surface area (Å²) >= 11 is 2.32. The van der Waals surface area contributed by atoms with Crippen LogP contribution >= 0.6 is 22.6 Å². The van der Waals surface area contributed by atoms with E-state index in [2.05, 4.69) is 40.8 Å². The number of aromatic nitrogens is 2. The molecule has 0 aliphatic rings. The lowest BCUT2D eigenvalue weighted by atomic mass is 10.3. The summed E-state index contributed by atoms with van der Waals surface area (Å²) in [5, 5.41) is 4.50. The van der Waals surface area contributed by atoms with E-state index in [-0.39, 0.29) is 6.10 Å². The van der Waals surface area contributed by atoms with Gasteiger partial charge in [0.1, 0.15) is 5.69 Å². The average molecular weight is 322 g/mol. The van der Waals surface area contributed by atoms with Crippen molar-refractivity contribution in [3.63, 3.8) is 0 Å². The quantitative estimate of drug-likeness (QED) is 0.752. The van der Waals surface area contributed by atoms with Crippen LogP contribution in [0.1, 0.15) is 39.3 Å². The zero-order valence-electron chi connectivity index (χ0n) is 9.66. The summed E-state index contributed by atoms with van der Waals surface area (Å²) in [5.41, 5.74) is 1.06. The van der Waals surface area contributed by atoms with E-state index in [0.717, 1.165) is 12.2 Å². The van der Waals surface area contributed by atoms with Crippen molar-refractivity contribution < 1.29 is 4.74 Å². The molecular formula is C11H19IN2O. The number of unbranched alkanes of at least 4 members (excludes halogenated alkanes) is 1. The maximum atomic E-state index is 5.55. The Hall–Kier alpha value is -0.100. The zero-order valence-corrected chi connectivity index (χ0v) is 11.8. The second-order valence-corrected chi connectivity index (χ2v) is 5.06. The fourth-order valence-corrected chi connectivity index (χ4v) is 1.80. The highest BCUT2D eigenvalue weighted by atomic mass is 127. The number of hydrogen-bond donors (Lipinski definition) is 0. The number of nitrogens with zero attached hydrogens (tertiary/aromatic N) is 2. The first-order chi connectivity index (χ1) is 7.13. The maximum Gasteiger partial charge on any atom is 0.101 e. The van der Waals surface area contributed by atoms with Crippen LogP contribution in [0.3, 0.4) is 0 Å². The third-order valence-corrected chi connectivity index (χ3v) is 2.98. The highest BCUT2D eigenvalue weighted by molar-refractivity contribution is 14.1. The standard InChI is InChI=1S/C11H19IN2O/c1-4-5-6-14-7-10(12)11(13-14)8-15-9(2)3/h7,9H,4-6,8H2,1-3H3. The van der Waals surface area contributed by atoms with Crippen molar-refractivity contribution in [2.24, 2.45) is 0 Å². The summed E-state index contributed by atoms with van der Waals surface area (Å²) < 4.78 is 8.76. The minimum atomic E-state index is 0.265. The molecule has 0 aliphatic carbocycles. The Labute approximate surface area is 105 Å². The highest BCUT2D eigenvalue weighted by Crippen LogP contribution is 2.12. The van der Waals surface area contributed by atoms with E-state index in [0.29, 0.717) is 6.61 Å². The molecule has 4 heteroatoms. The van der Waals surface area contributed by atoms with E-state index in [4.69, 9.17) is 4.74 Å². The van der Waals surface area contributed by atoms with Crippen LogP contribution in [-0.2, 0) is 17.9 Å². The molecule has 0 atom stereocenters. The van der Waals surface area contributed by atoms with Gasteiger partial charge in [0.2, 0.25) is 0 Å². The van der Waals surface area contributed by atoms with Gasteiger partial charge in [0, 0.05) is 12.7 Å². The Morgan fingerprint density at radius 3 is 2.87 bits per heavy atom. The van der Waals surface area contributed by atoms with Crippen LogP contribution in [0.2, 0.25) is 0 Å². The first-order valence-electron chi connectivity index (χ1n) is 5.47. The van der Waals surface area contributed by atoms with Gasteiger partial charge in [-0.25, -0.2) is 0 Å². The van der Waals surface area contributed by atoms with E-state index in [9.17, 15) is 0 Å². The fourth-order valence-electron chi connectivity index (χ4n) is 1.22. The monoisotopic (exact) mass is 322 g/mol. The third-order valence-electron chi connectivity index (χ3n) is 2.08. The Morgan fingerprint density at radius 2 is 2.27 bits per heavy atom. The molecule has 1 rings (SSSR count). The summed E-state index contributed by atoms with van der Waals surface area (Å²) in [7, 11) is 0. The van der Waals surface area contributed by atoms with Crippen LogP contribution in [0, 0.1) is 3.57 Å². The molecule has 1 heterocycles. The third kappa shape index (κ3) is 4.51. The Balaban J connectivity index is 2.52. The summed E-state index contributed by atoms with van der Waals surface area (Å²) in [6.45, 7) is 7.91. The largest absolute Gasteiger partial charge is 0.372 e. The van der Waals surface area contributed by atoms with Crippen molar-refractivity contribution in [1.29, 1.82) is 0 Å². The molecule has 0 fully saturated rings. The molecule has 0 saturated carbocycles. The second-order valence-electron chi connectivity index (χ2n) is 3.90. The fraction of sp³-hybridized carbons (Fsp3) is 0.727. The molecule has 0 saturated heterocycles. The first kappa shape index (κ1) is 13.0. The van der Waals surface area contributed by atoms with Crippen LogP contribution < -0.4 is 0 Å². The maximum absolute atomic E-state index is 5.55. The molecule has 1 aromatic rings. The minimum Gasteiger partial charge on any atom is -0.372 e. The Bertz CT molecular complexity index is 297. The van der Waals surface area contributed by atoms with Crippen LogP contribution in [0.15, 0.2) is 6.20 Å². The van der Waals surface area contributed by atoms with Gasteiger partial charge in [0.05, 0.1) is 16.3 Å². The number of ether oxygens (including phenoxy) is 1. The molecule has 1 aromatic heterocycles. The van der Waals surface area contributed by atoms with Gasteiger partial charge in [0.25, 0.3) is 0 Å². The van der Waals surface area contributed by atoms with Crippen molar-refractivity contribution in [3.05, 3.63) is 15.5 Å². The second kappa shape index (κ2) is 6.48. The smallest absolute Gasteiger partial charge is 0.101 e. The molecule has 0 radical (unpaired) electrons. The summed E-state index contributed by atoms with van der Waals surface area (Å²) in [6, 6.07) is 0. The van der Waals surface area contributed by atoms with Crippen LogP contribution in [0.25, 0.3) is 0 Å². The summed E-state index contributed by atoms with van der Waals surface area (Å²) in [5.74, 6) is 0. The molecule has 0 bridgehead atoms. The topological polar surface area (TPSA) is 27.1 Å². The molecule has 0 N–H and O–H groups in total. The molecule has 0 aromatic carbocycles. The summed E-state index contributed by atoms with van der Waals surface area (Å²) in [6.07, 6.45) is 4.74. The van der Waals surface area contributed by atoms with Gasteiger partial charge in [-0.1, -0.05) is 13.3 Å². The van der Waals surface area contributed by atoms with Gasteiger partial charge >= 0.3 is 0 Å². The lowest BCUT2D eigenvalue weighted by Crippen LogP contribution is -2.04. The molecule has 0 aliphatic heterocycles. The number of hydrogen-bond acceptors (Lipinski definition) is 2. The Kier molecular flexibility index (Phi) is 5.60. The van der Waals surface area contributed by atoms with Crippen molar-refractivity contribution in [2.45, 2.75) is 52.9 Å². The number of rotatable bonds is 6. The molecular weight excluding hydrogens is 303 g/mol. The van der Waals surface area contributed by atoms with Gasteiger partial charge in [-0.15, -0.1) is 0 Å². The van der Waals surface area contributed by atoms with Gasteiger partial charge in [0.15, 0.2) is 0 Å². The molecule has 0 spiro atoms. The van der Waals surface area contributed by atoms with E-state index >= 15 is 0 Å². The van der Waals surface area contributed by atoms with Gasteiger partial charge in [-0.05, 0) is 42.9 Å². The number of aryl methyl sites for hydroxylation is 1. The van der Waals surface area contributed by atoms with Crippen LogP contribution in [-0.4, -0.2) is 15.9 Å². The van der Waals surface area contributed by atoms with Gasteiger partial charge < -0.3 is 4.74 Å². The van der Waals surface area contributed by atoms with Crippen LogP contribution in [0.4, 0.5) is 0 Å². The normalized spacial score (nSPS) is 11.3. The minimum absolute atomic E-state index is 0.265. The molecule has 0 unspecified atom stereocenters. The van der Waals surface area contributed by atoms with E-state index in [1.165, 1.54) is 16.4 Å². The lowest BCUT2D eigenvalue weighted by molar-refractivity contribution is 0.0628. The predicted octanol–water partition coefficient (Wildman–Crippen LogP) is 3.21. The predicted molar refractivity (Wildman–Crippen MR) is 69.8 cm³/mol. The lowest BCUT2D eigenvalue weighted by Gasteiger charge is -2.05. The molecule has 3 nitrogen and oxygen atoms in total. The summed E-state index contributed by atoms with van der Waals surface area (Å²) in [4.78, 5) is 0. The van der Waals surface area contributed by atoms with Gasteiger partial charge in [-0.3, -0.25) is 4.68 Å². The first-order valence-corrected chi connectivity index (χ1v) is 6.54. The van der Waals surface area contributed by atoms with Crippen molar-refractivity contribution >= 4 is 22.6 Å². The van der Waals surface area contributed by atoms with Crippen molar-refractivity contribution in [1.82, 2.24) is 9.78 Å². The molecule has 0 amide bonds. The van der Waals surface area contributed by atoms with E-state index in [1.54, 1.807) is 0 Å². The van der Waals surface area contributed by atoms with Crippen molar-refractivity contribution in [2.75, 3.05) is 0 Å². The van der Waals surface area contributed by atoms with E-state index < -0.39 is 0 Å². The Morgan fingerprint density at radius 1 is 1.53 bits per heavy atom. The van der Waals surface area contributed by atoms with Gasteiger partial charge in [-0.2, -0.15) is 5.10 Å². The highest BCUT2D eigenvalue weighted by Gasteiger charge is 2.07. The SMILES string of the molecule is CCCCn1cc(I)c(COC(C)C)n1. The van der Waals surface area contributed by atoms with Crippen LogP contribution in [0.5, 0.6) is 0 Å². The van der Waals surface area contributed by atoms with Crippen molar-refractivity contribution in [3.8, 4) is 0 Å². The number of halogens is 1. The zero-order chi connectivity index (χ0) is 11.3. The molecule has 86 valence electrons. The van der Waals surface area contributed by atoms with E-state index in [1.807, 2.05) is 18.5 Å². The molecule has 15 heavy (non-hydrogen) atoms.